The summed E-state index contributed by atoms with van der Waals surface area (Å²) in [6, 6.07) is 7.08. The number of hydrogen-bond donors (Lipinski definition) is 1. The van der Waals surface area contributed by atoms with Gasteiger partial charge in [0, 0.05) is 24.3 Å². The van der Waals surface area contributed by atoms with Crippen LogP contribution in [0.15, 0.2) is 36.7 Å². The third kappa shape index (κ3) is 2.78. The fraction of sp³-hybridized carbons (Fsp3) is 0.312. The number of aliphatic carboxylic acids is 1. The number of nitrogens with zero attached hydrogens (tertiary/aromatic N) is 2. The summed E-state index contributed by atoms with van der Waals surface area (Å²) in [5.41, 5.74) is 0.496. The van der Waals surface area contributed by atoms with Crippen molar-refractivity contribution in [1.29, 1.82) is 0 Å². The van der Waals surface area contributed by atoms with E-state index in [0.717, 1.165) is 10.8 Å². The summed E-state index contributed by atoms with van der Waals surface area (Å²) in [5, 5.41) is 10.7. The second kappa shape index (κ2) is 6.11. The summed E-state index contributed by atoms with van der Waals surface area (Å²) in [5.74, 6) is -1.14. The molecule has 0 aliphatic carbocycles. The Morgan fingerprint density at radius 2 is 2.14 bits per heavy atom. The molecule has 1 aromatic heterocycles. The van der Waals surface area contributed by atoms with Crippen molar-refractivity contribution < 1.29 is 19.4 Å². The van der Waals surface area contributed by atoms with Gasteiger partial charge in [0.25, 0.3) is 5.91 Å². The largest absolute Gasteiger partial charge is 0.481 e. The lowest BCUT2D eigenvalue weighted by Gasteiger charge is -2.35. The number of carbonyl (C=O) groups is 2. The quantitative estimate of drug-likeness (QED) is 0.930. The highest BCUT2D eigenvalue weighted by Gasteiger charge is 2.30. The lowest BCUT2D eigenvalue weighted by atomic mass is 10.0. The Hall–Kier alpha value is -2.47. The highest BCUT2D eigenvalue weighted by Crippen LogP contribution is 2.21. The highest BCUT2D eigenvalue weighted by molar-refractivity contribution is 6.06. The molecule has 114 valence electrons. The molecule has 2 aromatic rings. The standard InChI is InChI=1S/C16H16N2O4/c19-15(20)7-12-10-22-6-5-18(12)16(21)14-9-17-8-11-3-1-2-4-13(11)14/h1-4,8-9,12H,5-7,10H2,(H,19,20)/t12-/m1/s1. The number of aromatic nitrogens is 1. The van der Waals surface area contributed by atoms with Crippen LogP contribution < -0.4 is 0 Å². The molecule has 3 rings (SSSR count). The molecule has 1 amide bonds. The zero-order valence-corrected chi connectivity index (χ0v) is 11.9. The Labute approximate surface area is 127 Å². The molecule has 1 fully saturated rings. The van der Waals surface area contributed by atoms with Crippen LogP contribution in [0.1, 0.15) is 16.8 Å². The zero-order chi connectivity index (χ0) is 15.5. The lowest BCUT2D eigenvalue weighted by molar-refractivity contribution is -0.139. The molecule has 6 nitrogen and oxygen atoms in total. The third-order valence-corrected chi connectivity index (χ3v) is 3.80. The Bertz CT molecular complexity index is 711. The second-order valence-corrected chi connectivity index (χ2v) is 5.23. The summed E-state index contributed by atoms with van der Waals surface area (Å²) >= 11 is 0. The Morgan fingerprint density at radius 3 is 2.95 bits per heavy atom. The van der Waals surface area contributed by atoms with Crippen molar-refractivity contribution in [3.63, 3.8) is 0 Å². The Morgan fingerprint density at radius 1 is 1.32 bits per heavy atom. The monoisotopic (exact) mass is 300 g/mol. The average Bonchev–Trinajstić information content (AvgIpc) is 2.54. The number of carbonyl (C=O) groups excluding carboxylic acids is 1. The topological polar surface area (TPSA) is 79.7 Å². The first-order valence-electron chi connectivity index (χ1n) is 7.10. The number of carboxylic acid groups (broad SMARTS) is 1. The molecule has 0 unspecified atom stereocenters. The molecule has 2 heterocycles. The minimum absolute atomic E-state index is 0.121. The van der Waals surface area contributed by atoms with E-state index in [-0.39, 0.29) is 18.9 Å². The van der Waals surface area contributed by atoms with E-state index in [1.807, 2.05) is 24.3 Å². The minimum Gasteiger partial charge on any atom is -0.481 e. The number of amides is 1. The lowest BCUT2D eigenvalue weighted by Crippen LogP contribution is -2.49. The van der Waals surface area contributed by atoms with Crippen molar-refractivity contribution in [3.05, 3.63) is 42.2 Å². The van der Waals surface area contributed by atoms with Gasteiger partial charge in [-0.1, -0.05) is 24.3 Å². The summed E-state index contributed by atoms with van der Waals surface area (Å²) in [6.07, 6.45) is 3.13. The molecule has 1 N–H and O–H groups in total. The summed E-state index contributed by atoms with van der Waals surface area (Å²) in [4.78, 5) is 29.5. The van der Waals surface area contributed by atoms with E-state index in [1.165, 1.54) is 6.20 Å². The Balaban J connectivity index is 1.95. The van der Waals surface area contributed by atoms with Crippen LogP contribution in [0, 0.1) is 0 Å². The third-order valence-electron chi connectivity index (χ3n) is 3.80. The number of hydrogen-bond acceptors (Lipinski definition) is 4. The predicted molar refractivity (Wildman–Crippen MR) is 79.6 cm³/mol. The number of morpholine rings is 1. The molecule has 0 saturated carbocycles. The first-order chi connectivity index (χ1) is 10.7. The molecule has 1 atom stereocenters. The van der Waals surface area contributed by atoms with Crippen LogP contribution in [-0.4, -0.2) is 52.7 Å². The maximum absolute atomic E-state index is 12.8. The van der Waals surface area contributed by atoms with Gasteiger partial charge in [-0.25, -0.2) is 0 Å². The van der Waals surface area contributed by atoms with Crippen LogP contribution in [-0.2, 0) is 9.53 Å². The van der Waals surface area contributed by atoms with E-state index in [4.69, 9.17) is 9.84 Å². The van der Waals surface area contributed by atoms with Crippen molar-refractivity contribution in [2.75, 3.05) is 19.8 Å². The summed E-state index contributed by atoms with van der Waals surface area (Å²) in [6.45, 7) is 1.05. The number of ether oxygens (including phenoxy) is 1. The van der Waals surface area contributed by atoms with E-state index < -0.39 is 12.0 Å². The molecule has 6 heteroatoms. The molecule has 1 aromatic carbocycles. The molecule has 22 heavy (non-hydrogen) atoms. The number of fused-ring (bicyclic) bond motifs is 1. The second-order valence-electron chi connectivity index (χ2n) is 5.23. The van der Waals surface area contributed by atoms with Crippen LogP contribution in [0.5, 0.6) is 0 Å². The zero-order valence-electron chi connectivity index (χ0n) is 11.9. The SMILES string of the molecule is O=C(O)C[C@@H]1COCCN1C(=O)c1cncc2ccccc12. The predicted octanol–water partition coefficient (Wildman–Crippen LogP) is 1.55. The van der Waals surface area contributed by atoms with Crippen LogP contribution in [0.4, 0.5) is 0 Å². The van der Waals surface area contributed by atoms with Gasteiger partial charge in [-0.15, -0.1) is 0 Å². The number of pyridine rings is 1. The molecule has 1 saturated heterocycles. The van der Waals surface area contributed by atoms with Gasteiger partial charge >= 0.3 is 5.97 Å². The van der Waals surface area contributed by atoms with Crippen LogP contribution in [0.2, 0.25) is 0 Å². The molecule has 1 aliphatic heterocycles. The average molecular weight is 300 g/mol. The van der Waals surface area contributed by atoms with Crippen molar-refractivity contribution >= 4 is 22.6 Å². The van der Waals surface area contributed by atoms with Gasteiger partial charge in [0.05, 0.1) is 31.2 Å². The Kier molecular flexibility index (Phi) is 4.02. The van der Waals surface area contributed by atoms with Gasteiger partial charge in [0.15, 0.2) is 0 Å². The van der Waals surface area contributed by atoms with Gasteiger partial charge in [-0.2, -0.15) is 0 Å². The fourth-order valence-electron chi connectivity index (χ4n) is 2.73. The fourth-order valence-corrected chi connectivity index (χ4v) is 2.73. The highest BCUT2D eigenvalue weighted by atomic mass is 16.5. The van der Waals surface area contributed by atoms with Crippen LogP contribution in [0.25, 0.3) is 10.8 Å². The van der Waals surface area contributed by atoms with Gasteiger partial charge < -0.3 is 14.7 Å². The molecular weight excluding hydrogens is 284 g/mol. The van der Waals surface area contributed by atoms with Crippen LogP contribution >= 0.6 is 0 Å². The minimum atomic E-state index is -0.940. The number of carboxylic acids is 1. The molecule has 0 spiro atoms. The van der Waals surface area contributed by atoms with E-state index in [0.29, 0.717) is 18.7 Å². The molecule has 1 aliphatic rings. The van der Waals surface area contributed by atoms with E-state index in [9.17, 15) is 9.59 Å². The van der Waals surface area contributed by atoms with Gasteiger partial charge in [0.2, 0.25) is 0 Å². The van der Waals surface area contributed by atoms with E-state index >= 15 is 0 Å². The maximum atomic E-state index is 12.8. The normalized spacial score (nSPS) is 18.4. The maximum Gasteiger partial charge on any atom is 0.305 e. The van der Waals surface area contributed by atoms with Crippen molar-refractivity contribution in [3.8, 4) is 0 Å². The first-order valence-corrected chi connectivity index (χ1v) is 7.10. The van der Waals surface area contributed by atoms with Crippen molar-refractivity contribution in [1.82, 2.24) is 9.88 Å². The number of rotatable bonds is 3. The summed E-state index contributed by atoms with van der Waals surface area (Å²) < 4.78 is 5.31. The van der Waals surface area contributed by atoms with E-state index in [2.05, 4.69) is 4.98 Å². The number of benzene rings is 1. The molecular formula is C16H16N2O4. The smallest absolute Gasteiger partial charge is 0.305 e. The summed E-state index contributed by atoms with van der Waals surface area (Å²) in [7, 11) is 0. The van der Waals surface area contributed by atoms with Gasteiger partial charge in [-0.3, -0.25) is 14.6 Å². The van der Waals surface area contributed by atoms with Gasteiger partial charge in [0.1, 0.15) is 0 Å². The molecule has 0 bridgehead atoms. The molecule has 0 radical (unpaired) electrons. The van der Waals surface area contributed by atoms with Crippen molar-refractivity contribution in [2.45, 2.75) is 12.5 Å². The van der Waals surface area contributed by atoms with Gasteiger partial charge in [-0.05, 0) is 5.39 Å². The van der Waals surface area contributed by atoms with Crippen molar-refractivity contribution in [2.24, 2.45) is 0 Å². The van der Waals surface area contributed by atoms with E-state index in [1.54, 1.807) is 11.1 Å². The van der Waals surface area contributed by atoms with Crippen LogP contribution in [0.3, 0.4) is 0 Å². The first kappa shape index (κ1) is 14.5.